The van der Waals surface area contributed by atoms with E-state index in [1.165, 1.54) is 0 Å². The van der Waals surface area contributed by atoms with Crippen LogP contribution in [0.4, 0.5) is 0 Å². The first-order valence-corrected chi connectivity index (χ1v) is 4.65. The minimum Gasteiger partial charge on any atom is -0.394 e. The molecule has 0 spiro atoms. The van der Waals surface area contributed by atoms with Crippen LogP contribution < -0.4 is 0 Å². The van der Waals surface area contributed by atoms with Crippen molar-refractivity contribution in [1.82, 2.24) is 0 Å². The van der Waals surface area contributed by atoms with Crippen LogP contribution in [0.3, 0.4) is 0 Å². The molecule has 0 amide bonds. The van der Waals surface area contributed by atoms with E-state index < -0.39 is 5.79 Å². The molecule has 2 aliphatic rings. The van der Waals surface area contributed by atoms with Gasteiger partial charge < -0.3 is 19.3 Å². The molecular weight excluding hydrogens is 171 g/mol. The van der Waals surface area contributed by atoms with Crippen LogP contribution in [0.15, 0.2) is 0 Å². The lowest BCUT2D eigenvalue weighted by atomic mass is 9.93. The fraction of sp³-hybridized carbons (Fsp3) is 1.00. The second-order valence-corrected chi connectivity index (χ2v) is 4.13. The topological polar surface area (TPSA) is 47.9 Å². The smallest absolute Gasteiger partial charge is 0.163 e. The van der Waals surface area contributed by atoms with Crippen LogP contribution in [0.25, 0.3) is 0 Å². The van der Waals surface area contributed by atoms with Crippen LogP contribution in [-0.2, 0) is 14.2 Å². The molecule has 0 aliphatic carbocycles. The van der Waals surface area contributed by atoms with Gasteiger partial charge in [-0.25, -0.2) is 0 Å². The van der Waals surface area contributed by atoms with Gasteiger partial charge in [0, 0.05) is 0 Å². The molecule has 0 saturated carbocycles. The number of hydrogen-bond donors (Lipinski definition) is 1. The lowest BCUT2D eigenvalue weighted by molar-refractivity contribution is -0.182. The van der Waals surface area contributed by atoms with Crippen LogP contribution in [0, 0.1) is 0 Å². The normalized spacial score (nSPS) is 47.9. The molecule has 74 valence electrons. The van der Waals surface area contributed by atoms with E-state index in [9.17, 15) is 0 Å². The third-order valence-electron chi connectivity index (χ3n) is 2.56. The van der Waals surface area contributed by atoms with Crippen molar-refractivity contribution in [3.05, 3.63) is 0 Å². The van der Waals surface area contributed by atoms with Crippen LogP contribution in [0.2, 0.25) is 0 Å². The summed E-state index contributed by atoms with van der Waals surface area (Å²) in [6.45, 7) is 3.75. The van der Waals surface area contributed by atoms with Crippen LogP contribution in [0.5, 0.6) is 0 Å². The summed E-state index contributed by atoms with van der Waals surface area (Å²) in [5.41, 5.74) is 0. The van der Waals surface area contributed by atoms with E-state index in [2.05, 4.69) is 0 Å². The second kappa shape index (κ2) is 2.95. The van der Waals surface area contributed by atoms with E-state index in [1.54, 1.807) is 0 Å². The third kappa shape index (κ3) is 1.50. The highest BCUT2D eigenvalue weighted by Gasteiger charge is 2.52. The average Bonchev–Trinajstić information content (AvgIpc) is 2.47. The van der Waals surface area contributed by atoms with Gasteiger partial charge >= 0.3 is 0 Å². The van der Waals surface area contributed by atoms with E-state index in [1.807, 2.05) is 21.7 Å². The number of fused-ring (bicyclic) bond motifs is 1. The van der Waals surface area contributed by atoms with Gasteiger partial charge in [0.1, 0.15) is 26.2 Å². The highest BCUT2D eigenvalue weighted by atomic mass is 16.8. The maximum atomic E-state index is 9.04. The zero-order valence-electron chi connectivity index (χ0n) is 8.19. The highest BCUT2D eigenvalue weighted by molar-refractivity contribution is 6.11. The molecular formula is C8H15BO4. The molecule has 0 radical (unpaired) electrons. The molecule has 2 fully saturated rings. The Morgan fingerprint density at radius 1 is 1.31 bits per heavy atom. The van der Waals surface area contributed by atoms with Crippen LogP contribution in [-0.4, -0.2) is 49.7 Å². The molecule has 2 saturated heterocycles. The first kappa shape index (κ1) is 9.46. The molecule has 4 nitrogen and oxygen atoms in total. The molecule has 4 atom stereocenters. The van der Waals surface area contributed by atoms with Crippen molar-refractivity contribution in [2.24, 2.45) is 0 Å². The summed E-state index contributed by atoms with van der Waals surface area (Å²) < 4.78 is 16.8. The number of rotatable bonds is 1. The predicted octanol–water partition coefficient (Wildman–Crippen LogP) is -1.14. The van der Waals surface area contributed by atoms with Crippen molar-refractivity contribution < 1.29 is 19.3 Å². The summed E-state index contributed by atoms with van der Waals surface area (Å²) in [6.07, 6.45) is -0.385. The van der Waals surface area contributed by atoms with Crippen molar-refractivity contribution in [2.45, 2.75) is 43.9 Å². The molecule has 0 aromatic rings. The molecule has 5 heteroatoms. The van der Waals surface area contributed by atoms with E-state index >= 15 is 0 Å². The van der Waals surface area contributed by atoms with Gasteiger partial charge in [-0.2, -0.15) is 0 Å². The van der Waals surface area contributed by atoms with E-state index in [0.29, 0.717) is 0 Å². The quantitative estimate of drug-likeness (QED) is 0.525. The zero-order valence-corrected chi connectivity index (χ0v) is 8.19. The number of hydrogen-bond acceptors (Lipinski definition) is 4. The Balaban J connectivity index is 2.12. The Labute approximate surface area is 78.6 Å². The highest BCUT2D eigenvalue weighted by Crippen LogP contribution is 2.37. The fourth-order valence-electron chi connectivity index (χ4n) is 2.05. The van der Waals surface area contributed by atoms with Crippen molar-refractivity contribution in [3.8, 4) is 0 Å². The first-order chi connectivity index (χ1) is 6.03. The monoisotopic (exact) mass is 186 g/mol. The van der Waals surface area contributed by atoms with E-state index in [0.717, 1.165) is 0 Å². The molecule has 1 N–H and O–H groups in total. The molecule has 0 aromatic carbocycles. The minimum absolute atomic E-state index is 0.00363. The SMILES string of the molecule is B[C@@H]1O[C@H](CO)C2OC(C)(C)O[C@@H]21. The zero-order chi connectivity index (χ0) is 9.64. The summed E-state index contributed by atoms with van der Waals surface area (Å²) >= 11 is 0. The standard InChI is InChI=1S/C8H15BO4/c1-8(2)12-5-4(3-10)11-7(9)6(5)13-8/h4-7,10H,3,9H2,1-2H3/t4-,5?,6+,7-/m1/s1. The van der Waals surface area contributed by atoms with Gasteiger partial charge in [-0.3, -0.25) is 0 Å². The summed E-state index contributed by atoms with van der Waals surface area (Å²) in [4.78, 5) is 0. The van der Waals surface area contributed by atoms with Gasteiger partial charge in [-0.05, 0) is 13.8 Å². The predicted molar refractivity (Wildman–Crippen MR) is 48.1 cm³/mol. The van der Waals surface area contributed by atoms with Gasteiger partial charge in [-0.15, -0.1) is 0 Å². The summed E-state index contributed by atoms with van der Waals surface area (Å²) in [5, 5.41) is 9.04. The Morgan fingerprint density at radius 3 is 2.54 bits per heavy atom. The minimum atomic E-state index is -0.541. The average molecular weight is 186 g/mol. The Kier molecular flexibility index (Phi) is 2.15. The molecule has 2 aliphatic heterocycles. The second-order valence-electron chi connectivity index (χ2n) is 4.13. The Hall–Kier alpha value is -0.0951. The van der Waals surface area contributed by atoms with Crippen molar-refractivity contribution >= 4 is 7.85 Å². The lowest BCUT2D eigenvalue weighted by Crippen LogP contribution is -2.31. The van der Waals surface area contributed by atoms with Gasteiger partial charge in [0.2, 0.25) is 0 Å². The van der Waals surface area contributed by atoms with E-state index in [4.69, 9.17) is 19.3 Å². The third-order valence-corrected chi connectivity index (χ3v) is 2.56. The lowest BCUT2D eigenvalue weighted by Gasteiger charge is -2.22. The Bertz CT molecular complexity index is 208. The summed E-state index contributed by atoms with van der Waals surface area (Å²) in [6, 6.07) is 0.00363. The molecule has 2 heterocycles. The first-order valence-electron chi connectivity index (χ1n) is 4.65. The molecule has 2 rings (SSSR count). The van der Waals surface area contributed by atoms with Gasteiger partial charge in [0.25, 0.3) is 0 Å². The van der Waals surface area contributed by atoms with Gasteiger partial charge in [-0.1, -0.05) is 0 Å². The van der Waals surface area contributed by atoms with Crippen molar-refractivity contribution in [3.63, 3.8) is 0 Å². The number of aliphatic hydroxyl groups excluding tert-OH is 1. The van der Waals surface area contributed by atoms with E-state index in [-0.39, 0.29) is 30.9 Å². The maximum absolute atomic E-state index is 9.04. The summed E-state index contributed by atoms with van der Waals surface area (Å²) in [5.74, 6) is -0.541. The number of ether oxygens (including phenoxy) is 3. The van der Waals surface area contributed by atoms with Crippen LogP contribution >= 0.6 is 0 Å². The Morgan fingerprint density at radius 2 is 1.92 bits per heavy atom. The summed E-state index contributed by atoms with van der Waals surface area (Å²) in [7, 11) is 1.94. The molecule has 1 unspecified atom stereocenters. The fourth-order valence-corrected chi connectivity index (χ4v) is 2.05. The molecule has 0 bridgehead atoms. The van der Waals surface area contributed by atoms with Gasteiger partial charge in [0.05, 0.1) is 12.6 Å². The van der Waals surface area contributed by atoms with Gasteiger partial charge in [0.15, 0.2) is 5.79 Å². The van der Waals surface area contributed by atoms with Crippen LogP contribution in [0.1, 0.15) is 13.8 Å². The van der Waals surface area contributed by atoms with Crippen molar-refractivity contribution in [2.75, 3.05) is 6.61 Å². The van der Waals surface area contributed by atoms with Crippen molar-refractivity contribution in [1.29, 1.82) is 0 Å². The largest absolute Gasteiger partial charge is 0.394 e. The number of aliphatic hydroxyl groups is 1. The molecule has 0 aromatic heterocycles. The maximum Gasteiger partial charge on any atom is 0.163 e. The molecule has 13 heavy (non-hydrogen) atoms.